The minimum absolute atomic E-state index is 0.216. The molecule has 0 radical (unpaired) electrons. The van der Waals surface area contributed by atoms with Gasteiger partial charge in [0.15, 0.2) is 0 Å². The van der Waals surface area contributed by atoms with Gasteiger partial charge >= 0.3 is 0 Å². The third-order valence-electron chi connectivity index (χ3n) is 2.77. The molecule has 0 atom stereocenters. The monoisotopic (exact) mass is 280 g/mol. The van der Waals surface area contributed by atoms with Crippen LogP contribution in [0.4, 0.5) is 0 Å². The number of aromatic nitrogens is 2. The summed E-state index contributed by atoms with van der Waals surface area (Å²) >= 11 is 0. The molecule has 102 valence electrons. The molecule has 0 aliphatic rings. The first kappa shape index (κ1) is 13.7. The Morgan fingerprint density at radius 1 is 1.37 bits per heavy atom. The summed E-state index contributed by atoms with van der Waals surface area (Å²) in [5, 5.41) is 0. The maximum Gasteiger partial charge on any atom is 0.242 e. The highest BCUT2D eigenvalue weighted by Gasteiger charge is 2.18. The summed E-state index contributed by atoms with van der Waals surface area (Å²) in [4.78, 5) is 4.42. The van der Waals surface area contributed by atoms with Crippen molar-refractivity contribution in [2.24, 2.45) is 5.73 Å². The van der Waals surface area contributed by atoms with Gasteiger partial charge in [0.05, 0.1) is 5.69 Å². The standard InChI is InChI=1S/C12H16N4O2S/c1-14-19(17,18)11-5-3-2-4-10(11)16-9-8-15-12(16)6-7-13/h2-5,8-9,14H,6-7,13H2,1H3. The molecule has 1 heterocycles. The number of sulfonamides is 1. The second kappa shape index (κ2) is 5.52. The van der Waals surface area contributed by atoms with Gasteiger partial charge in [0.2, 0.25) is 10.0 Å². The van der Waals surface area contributed by atoms with Gasteiger partial charge in [-0.25, -0.2) is 18.1 Å². The van der Waals surface area contributed by atoms with Gasteiger partial charge in [0.25, 0.3) is 0 Å². The fourth-order valence-corrected chi connectivity index (χ4v) is 2.78. The summed E-state index contributed by atoms with van der Waals surface area (Å²) in [5.74, 6) is 0.737. The van der Waals surface area contributed by atoms with Crippen LogP contribution in [0, 0.1) is 0 Å². The van der Waals surface area contributed by atoms with E-state index in [0.29, 0.717) is 18.7 Å². The van der Waals surface area contributed by atoms with Gasteiger partial charge in [-0.15, -0.1) is 0 Å². The number of imidazole rings is 1. The van der Waals surface area contributed by atoms with E-state index in [1.807, 2.05) is 0 Å². The summed E-state index contributed by atoms with van der Waals surface area (Å²) in [7, 11) is -2.13. The fraction of sp³-hybridized carbons (Fsp3) is 0.250. The van der Waals surface area contributed by atoms with Crippen molar-refractivity contribution in [1.29, 1.82) is 0 Å². The molecule has 6 nitrogen and oxygen atoms in total. The lowest BCUT2D eigenvalue weighted by Gasteiger charge is -2.12. The molecule has 0 amide bonds. The first-order chi connectivity index (χ1) is 9.10. The lowest BCUT2D eigenvalue weighted by atomic mass is 10.3. The van der Waals surface area contributed by atoms with Gasteiger partial charge < -0.3 is 10.3 Å². The number of nitrogens with two attached hydrogens (primary N) is 1. The van der Waals surface area contributed by atoms with Crippen LogP contribution in [-0.2, 0) is 16.4 Å². The predicted molar refractivity (Wildman–Crippen MR) is 72.6 cm³/mol. The van der Waals surface area contributed by atoms with Gasteiger partial charge in [-0.1, -0.05) is 12.1 Å². The molecular formula is C12H16N4O2S. The topological polar surface area (TPSA) is 90.0 Å². The number of nitrogens with zero attached hydrogens (tertiary/aromatic N) is 2. The van der Waals surface area contributed by atoms with E-state index in [4.69, 9.17) is 5.73 Å². The van der Waals surface area contributed by atoms with E-state index in [2.05, 4.69) is 9.71 Å². The second-order valence-electron chi connectivity index (χ2n) is 3.93. The number of para-hydroxylation sites is 1. The molecule has 0 saturated carbocycles. The largest absolute Gasteiger partial charge is 0.330 e. The van der Waals surface area contributed by atoms with Gasteiger partial charge in [0, 0.05) is 18.8 Å². The summed E-state index contributed by atoms with van der Waals surface area (Å²) in [6, 6.07) is 6.78. The second-order valence-corrected chi connectivity index (χ2v) is 5.78. The first-order valence-corrected chi connectivity index (χ1v) is 7.33. The summed E-state index contributed by atoms with van der Waals surface area (Å²) in [5.41, 5.74) is 6.10. The maximum absolute atomic E-state index is 12.0. The Bertz CT molecular complexity index is 664. The van der Waals surface area contributed by atoms with Crippen LogP contribution in [0.2, 0.25) is 0 Å². The number of hydrogen-bond acceptors (Lipinski definition) is 4. The van der Waals surface area contributed by atoms with Crippen LogP contribution in [0.5, 0.6) is 0 Å². The summed E-state index contributed by atoms with van der Waals surface area (Å²) < 4.78 is 28.1. The zero-order chi connectivity index (χ0) is 13.9. The van der Waals surface area contributed by atoms with Crippen molar-refractivity contribution < 1.29 is 8.42 Å². The van der Waals surface area contributed by atoms with Crippen LogP contribution in [0.15, 0.2) is 41.6 Å². The van der Waals surface area contributed by atoms with Crippen LogP contribution in [-0.4, -0.2) is 31.6 Å². The summed E-state index contributed by atoms with van der Waals surface area (Å²) in [6.07, 6.45) is 3.95. The Hall–Kier alpha value is -1.70. The lowest BCUT2D eigenvalue weighted by molar-refractivity contribution is 0.587. The fourth-order valence-electron chi connectivity index (χ4n) is 1.86. The Balaban J connectivity index is 2.60. The van der Waals surface area contributed by atoms with Crippen LogP contribution >= 0.6 is 0 Å². The van der Waals surface area contributed by atoms with Crippen LogP contribution in [0.3, 0.4) is 0 Å². The zero-order valence-electron chi connectivity index (χ0n) is 10.6. The SMILES string of the molecule is CNS(=O)(=O)c1ccccc1-n1ccnc1CCN. The van der Waals surface area contributed by atoms with Crippen molar-refractivity contribution in [3.8, 4) is 5.69 Å². The molecule has 7 heteroatoms. The van der Waals surface area contributed by atoms with Crippen molar-refractivity contribution in [3.05, 3.63) is 42.5 Å². The van der Waals surface area contributed by atoms with Crippen LogP contribution < -0.4 is 10.5 Å². The average Bonchev–Trinajstić information content (AvgIpc) is 2.87. The van der Waals surface area contributed by atoms with Gasteiger partial charge in [-0.05, 0) is 25.7 Å². The third-order valence-corrected chi connectivity index (χ3v) is 4.23. The Kier molecular flexibility index (Phi) is 3.98. The van der Waals surface area contributed by atoms with Crippen LogP contribution in [0.1, 0.15) is 5.82 Å². The van der Waals surface area contributed by atoms with E-state index < -0.39 is 10.0 Å². The predicted octanol–water partition coefficient (Wildman–Crippen LogP) is 0.282. The van der Waals surface area contributed by atoms with Gasteiger partial charge in [-0.2, -0.15) is 0 Å². The number of hydrogen-bond donors (Lipinski definition) is 2. The van der Waals surface area contributed by atoms with E-state index in [-0.39, 0.29) is 4.90 Å². The molecule has 1 aromatic carbocycles. The molecule has 3 N–H and O–H groups in total. The van der Waals surface area contributed by atoms with Gasteiger partial charge in [-0.3, -0.25) is 0 Å². The first-order valence-electron chi connectivity index (χ1n) is 5.85. The maximum atomic E-state index is 12.0. The minimum Gasteiger partial charge on any atom is -0.330 e. The third kappa shape index (κ3) is 2.67. The van der Waals surface area contributed by atoms with Crippen LogP contribution in [0.25, 0.3) is 5.69 Å². The lowest BCUT2D eigenvalue weighted by Crippen LogP contribution is -2.21. The molecule has 1 aromatic heterocycles. The molecule has 0 unspecified atom stereocenters. The molecule has 0 bridgehead atoms. The number of rotatable bonds is 5. The van der Waals surface area contributed by atoms with Gasteiger partial charge in [0.1, 0.15) is 10.7 Å². The molecule has 0 fully saturated rings. The molecular weight excluding hydrogens is 264 g/mol. The molecule has 0 aliphatic heterocycles. The Labute approximate surface area is 112 Å². The quantitative estimate of drug-likeness (QED) is 0.823. The average molecular weight is 280 g/mol. The zero-order valence-corrected chi connectivity index (χ0v) is 11.4. The van der Waals surface area contributed by atoms with E-state index in [0.717, 1.165) is 5.82 Å². The number of nitrogens with one attached hydrogen (secondary N) is 1. The number of benzene rings is 1. The highest BCUT2D eigenvalue weighted by Crippen LogP contribution is 2.20. The molecule has 2 rings (SSSR count). The molecule has 0 spiro atoms. The van der Waals surface area contributed by atoms with Crippen molar-refractivity contribution in [2.45, 2.75) is 11.3 Å². The van der Waals surface area contributed by atoms with E-state index >= 15 is 0 Å². The molecule has 19 heavy (non-hydrogen) atoms. The highest BCUT2D eigenvalue weighted by atomic mass is 32.2. The highest BCUT2D eigenvalue weighted by molar-refractivity contribution is 7.89. The van der Waals surface area contributed by atoms with Crippen molar-refractivity contribution in [3.63, 3.8) is 0 Å². The molecule has 0 aliphatic carbocycles. The Morgan fingerprint density at radius 3 is 2.79 bits per heavy atom. The molecule has 0 saturated heterocycles. The van der Waals surface area contributed by atoms with Crippen molar-refractivity contribution >= 4 is 10.0 Å². The van der Waals surface area contributed by atoms with E-state index in [1.54, 1.807) is 41.2 Å². The van der Waals surface area contributed by atoms with E-state index in [1.165, 1.54) is 7.05 Å². The minimum atomic E-state index is -3.52. The van der Waals surface area contributed by atoms with Crippen molar-refractivity contribution in [1.82, 2.24) is 14.3 Å². The smallest absolute Gasteiger partial charge is 0.242 e. The van der Waals surface area contributed by atoms with E-state index in [9.17, 15) is 8.42 Å². The molecule has 2 aromatic rings. The van der Waals surface area contributed by atoms with Crippen molar-refractivity contribution in [2.75, 3.05) is 13.6 Å². The Morgan fingerprint density at radius 2 is 2.11 bits per heavy atom. The summed E-state index contributed by atoms with van der Waals surface area (Å²) in [6.45, 7) is 0.456. The normalized spacial score (nSPS) is 11.7.